The third-order valence-electron chi connectivity index (χ3n) is 2.90. The first-order valence-corrected chi connectivity index (χ1v) is 5.87. The first-order valence-electron chi connectivity index (χ1n) is 5.87. The van der Waals surface area contributed by atoms with Crippen LogP contribution < -0.4 is 5.32 Å². The van der Waals surface area contributed by atoms with Crippen molar-refractivity contribution >= 4 is 11.3 Å². The monoisotopic (exact) mass is 238 g/mol. The summed E-state index contributed by atoms with van der Waals surface area (Å²) in [6.45, 7) is 2.05. The molecule has 0 unspecified atom stereocenters. The van der Waals surface area contributed by atoms with Crippen LogP contribution in [0, 0.1) is 6.92 Å². The smallest absolute Gasteiger partial charge is 0.182 e. The maximum Gasteiger partial charge on any atom is 0.182 e. The van der Waals surface area contributed by atoms with E-state index in [0.717, 1.165) is 22.7 Å². The fourth-order valence-electron chi connectivity index (χ4n) is 1.92. The maximum absolute atomic E-state index is 4.54. The quantitative estimate of drug-likeness (QED) is 0.746. The minimum atomic E-state index is 0.748. The molecule has 0 spiro atoms. The van der Waals surface area contributed by atoms with E-state index in [0.29, 0.717) is 0 Å². The second-order valence-electron chi connectivity index (χ2n) is 4.27. The maximum atomic E-state index is 4.54. The molecule has 0 aliphatic rings. The number of aromatic nitrogens is 3. The number of aryl methyl sites for hydroxylation is 1. The molecule has 0 aliphatic carbocycles. The summed E-state index contributed by atoms with van der Waals surface area (Å²) in [6.07, 6.45) is 1.93. The summed E-state index contributed by atoms with van der Waals surface area (Å²) in [7, 11) is 1.90. The lowest BCUT2D eigenvalue weighted by Crippen LogP contribution is -1.89. The highest BCUT2D eigenvalue weighted by molar-refractivity contribution is 5.64. The minimum Gasteiger partial charge on any atom is -0.388 e. The number of fused-ring (bicyclic) bond motifs is 1. The highest BCUT2D eigenvalue weighted by atomic mass is 15.3. The molecule has 0 amide bonds. The lowest BCUT2D eigenvalue weighted by Gasteiger charge is -2.00. The molecule has 4 nitrogen and oxygen atoms in total. The minimum absolute atomic E-state index is 0.748. The molecule has 1 aromatic carbocycles. The van der Waals surface area contributed by atoms with Gasteiger partial charge in [-0.3, -0.25) is 0 Å². The van der Waals surface area contributed by atoms with Gasteiger partial charge in [0.2, 0.25) is 0 Å². The van der Waals surface area contributed by atoms with E-state index < -0.39 is 0 Å². The lowest BCUT2D eigenvalue weighted by molar-refractivity contribution is 0.962. The van der Waals surface area contributed by atoms with Crippen molar-refractivity contribution in [3.63, 3.8) is 0 Å². The third-order valence-corrected chi connectivity index (χ3v) is 2.90. The van der Waals surface area contributed by atoms with Crippen molar-refractivity contribution in [1.82, 2.24) is 14.6 Å². The van der Waals surface area contributed by atoms with Gasteiger partial charge in [0.05, 0.1) is 0 Å². The predicted molar refractivity (Wildman–Crippen MR) is 72.7 cm³/mol. The molecule has 0 radical (unpaired) electrons. The molecule has 3 aromatic rings. The summed E-state index contributed by atoms with van der Waals surface area (Å²) in [5.41, 5.74) is 4.14. The van der Waals surface area contributed by atoms with E-state index in [1.165, 1.54) is 5.56 Å². The van der Waals surface area contributed by atoms with Gasteiger partial charge < -0.3 is 5.32 Å². The van der Waals surface area contributed by atoms with Crippen LogP contribution in [0.4, 0.5) is 5.69 Å². The molecule has 0 atom stereocenters. The summed E-state index contributed by atoms with van der Waals surface area (Å²) < 4.78 is 1.80. The summed E-state index contributed by atoms with van der Waals surface area (Å²) in [5, 5.41) is 7.59. The van der Waals surface area contributed by atoms with Crippen LogP contribution in [-0.2, 0) is 0 Å². The Morgan fingerprint density at radius 3 is 2.89 bits per heavy atom. The van der Waals surface area contributed by atoms with Crippen LogP contribution in [0.25, 0.3) is 17.0 Å². The van der Waals surface area contributed by atoms with Crippen molar-refractivity contribution in [2.45, 2.75) is 6.92 Å². The van der Waals surface area contributed by atoms with Gasteiger partial charge in [-0.2, -0.15) is 0 Å². The van der Waals surface area contributed by atoms with Crippen molar-refractivity contribution in [3.05, 3.63) is 48.2 Å². The molecular formula is C14H14N4. The van der Waals surface area contributed by atoms with Crippen molar-refractivity contribution in [3.8, 4) is 11.4 Å². The molecule has 0 saturated heterocycles. The number of hydrogen-bond acceptors (Lipinski definition) is 3. The average molecular weight is 238 g/mol. The van der Waals surface area contributed by atoms with Crippen LogP contribution in [0.15, 0.2) is 42.6 Å². The molecule has 18 heavy (non-hydrogen) atoms. The van der Waals surface area contributed by atoms with Crippen molar-refractivity contribution < 1.29 is 0 Å². The third kappa shape index (κ3) is 1.82. The van der Waals surface area contributed by atoms with E-state index in [1.54, 1.807) is 4.52 Å². The first kappa shape index (κ1) is 10.8. The number of nitrogens with zero attached hydrogens (tertiary/aromatic N) is 3. The molecule has 4 heteroatoms. The van der Waals surface area contributed by atoms with Crippen LogP contribution in [0.5, 0.6) is 0 Å². The van der Waals surface area contributed by atoms with E-state index in [1.807, 2.05) is 49.6 Å². The Labute approximate surface area is 105 Å². The topological polar surface area (TPSA) is 42.2 Å². The largest absolute Gasteiger partial charge is 0.388 e. The van der Waals surface area contributed by atoms with Crippen LogP contribution in [0.3, 0.4) is 0 Å². The van der Waals surface area contributed by atoms with Crippen molar-refractivity contribution in [2.75, 3.05) is 12.4 Å². The molecule has 0 fully saturated rings. The summed E-state index contributed by atoms with van der Waals surface area (Å²) in [4.78, 5) is 4.54. The molecule has 3 rings (SSSR count). The number of anilines is 1. The molecule has 2 aromatic heterocycles. The Balaban J connectivity index is 2.13. The van der Waals surface area contributed by atoms with Gasteiger partial charge in [-0.05, 0) is 36.8 Å². The molecule has 0 saturated carbocycles. The van der Waals surface area contributed by atoms with E-state index >= 15 is 0 Å². The van der Waals surface area contributed by atoms with Crippen LogP contribution in [-0.4, -0.2) is 21.6 Å². The zero-order chi connectivity index (χ0) is 12.5. The van der Waals surface area contributed by atoms with Crippen molar-refractivity contribution in [2.24, 2.45) is 0 Å². The SMILES string of the molecule is CNc1cccc(-c2nc3cc(C)ccn3n2)c1. The second kappa shape index (κ2) is 4.14. The van der Waals surface area contributed by atoms with E-state index in [2.05, 4.69) is 22.3 Å². The number of nitrogens with one attached hydrogen (secondary N) is 1. The van der Waals surface area contributed by atoms with Gasteiger partial charge in [0.15, 0.2) is 11.5 Å². The number of pyridine rings is 1. The molecule has 0 bridgehead atoms. The van der Waals surface area contributed by atoms with Crippen LogP contribution in [0.2, 0.25) is 0 Å². The predicted octanol–water partition coefficient (Wildman–Crippen LogP) is 2.75. The van der Waals surface area contributed by atoms with Gasteiger partial charge in [-0.1, -0.05) is 12.1 Å². The van der Waals surface area contributed by atoms with Gasteiger partial charge in [-0.15, -0.1) is 5.10 Å². The lowest BCUT2D eigenvalue weighted by atomic mass is 10.2. The Hall–Kier alpha value is -2.36. The summed E-state index contributed by atoms with van der Waals surface area (Å²) >= 11 is 0. The standard InChI is InChI=1S/C14H14N4/c1-10-6-7-18-13(8-10)16-14(17-18)11-4-3-5-12(9-11)15-2/h3-9,15H,1-2H3. The second-order valence-corrected chi connectivity index (χ2v) is 4.27. The van der Waals surface area contributed by atoms with Crippen LogP contribution >= 0.6 is 0 Å². The molecule has 90 valence electrons. The van der Waals surface area contributed by atoms with Gasteiger partial charge in [0.25, 0.3) is 0 Å². The zero-order valence-electron chi connectivity index (χ0n) is 10.4. The van der Waals surface area contributed by atoms with Crippen LogP contribution in [0.1, 0.15) is 5.56 Å². The molecular weight excluding hydrogens is 224 g/mol. The fraction of sp³-hybridized carbons (Fsp3) is 0.143. The Bertz CT molecular complexity index is 700. The average Bonchev–Trinajstić information content (AvgIpc) is 2.81. The van der Waals surface area contributed by atoms with E-state index in [-0.39, 0.29) is 0 Å². The highest BCUT2D eigenvalue weighted by Crippen LogP contribution is 2.20. The number of rotatable bonds is 2. The van der Waals surface area contributed by atoms with Gasteiger partial charge >= 0.3 is 0 Å². The molecule has 0 aliphatic heterocycles. The molecule has 2 heterocycles. The van der Waals surface area contributed by atoms with Gasteiger partial charge in [0, 0.05) is 24.5 Å². The Morgan fingerprint density at radius 2 is 2.06 bits per heavy atom. The van der Waals surface area contributed by atoms with Crippen molar-refractivity contribution in [1.29, 1.82) is 0 Å². The van der Waals surface area contributed by atoms with E-state index in [4.69, 9.17) is 0 Å². The normalized spacial score (nSPS) is 10.8. The Kier molecular flexibility index (Phi) is 2.48. The number of benzene rings is 1. The zero-order valence-corrected chi connectivity index (χ0v) is 10.4. The summed E-state index contributed by atoms with van der Waals surface area (Å²) in [5.74, 6) is 0.748. The van der Waals surface area contributed by atoms with Gasteiger partial charge in [0.1, 0.15) is 0 Å². The highest BCUT2D eigenvalue weighted by Gasteiger charge is 2.06. The first-order chi connectivity index (χ1) is 8.76. The number of hydrogen-bond donors (Lipinski definition) is 1. The Morgan fingerprint density at radius 1 is 1.17 bits per heavy atom. The fourth-order valence-corrected chi connectivity index (χ4v) is 1.92. The van der Waals surface area contributed by atoms with E-state index in [9.17, 15) is 0 Å². The van der Waals surface area contributed by atoms with Gasteiger partial charge in [-0.25, -0.2) is 9.50 Å². The summed E-state index contributed by atoms with van der Waals surface area (Å²) in [6, 6.07) is 12.1. The molecule has 1 N–H and O–H groups in total.